The van der Waals surface area contributed by atoms with Gasteiger partial charge in [-0.15, -0.1) is 0 Å². The van der Waals surface area contributed by atoms with Crippen LogP contribution in [0.1, 0.15) is 11.3 Å². The van der Waals surface area contributed by atoms with Crippen molar-refractivity contribution < 1.29 is 13.6 Å². The molecule has 4 aromatic rings. The number of carbonyl (C=O) groups excluding carboxylic acids is 1. The number of oxazole rings is 2. The monoisotopic (exact) mass is 431 g/mol. The van der Waals surface area contributed by atoms with Crippen molar-refractivity contribution in [3.8, 4) is 17.2 Å². The molecule has 2 aromatic carbocycles. The molecule has 0 aliphatic carbocycles. The van der Waals surface area contributed by atoms with Crippen LogP contribution in [0.25, 0.3) is 22.2 Å². The summed E-state index contributed by atoms with van der Waals surface area (Å²) in [5, 5.41) is 12.1. The fourth-order valence-corrected chi connectivity index (χ4v) is 3.44. The first kappa shape index (κ1) is 21.1. The molecular formula is C23H21N5O4. The minimum atomic E-state index is -0.827. The number of benzene rings is 2. The molecule has 9 nitrogen and oxygen atoms in total. The number of nitrogens with zero attached hydrogens (tertiary/aromatic N) is 3. The van der Waals surface area contributed by atoms with Gasteiger partial charge in [-0.2, -0.15) is 5.26 Å². The van der Waals surface area contributed by atoms with Crippen molar-refractivity contribution in [2.45, 2.75) is 24.9 Å². The molecule has 2 atom stereocenters. The Hall–Kier alpha value is -4.16. The summed E-state index contributed by atoms with van der Waals surface area (Å²) < 4.78 is 11.5. The van der Waals surface area contributed by atoms with Crippen LogP contribution in [0.15, 0.2) is 68.8 Å². The summed E-state index contributed by atoms with van der Waals surface area (Å²) >= 11 is 0. The van der Waals surface area contributed by atoms with E-state index < -0.39 is 23.7 Å². The van der Waals surface area contributed by atoms with E-state index >= 15 is 0 Å². The Bertz CT molecular complexity index is 1330. The Kier molecular flexibility index (Phi) is 5.87. The lowest BCUT2D eigenvalue weighted by Crippen LogP contribution is -2.46. The van der Waals surface area contributed by atoms with Gasteiger partial charge in [0, 0.05) is 19.9 Å². The van der Waals surface area contributed by atoms with Crippen LogP contribution in [-0.2, 0) is 24.7 Å². The third-order valence-corrected chi connectivity index (χ3v) is 5.24. The SMILES string of the molecule is Cn1c(=O)oc2ccc(-c3ccc(C[C@@H](C#N)NC(=O)C(N)Cc4cocn4)cc3)cc21. The summed E-state index contributed by atoms with van der Waals surface area (Å²) in [6, 6.07) is 13.8. The minimum absolute atomic E-state index is 0.224. The summed E-state index contributed by atoms with van der Waals surface area (Å²) in [4.78, 5) is 28.0. The number of amides is 1. The van der Waals surface area contributed by atoms with Crippen LogP contribution in [0.4, 0.5) is 0 Å². The van der Waals surface area contributed by atoms with Gasteiger partial charge in [0.2, 0.25) is 5.91 Å². The normalized spacial score (nSPS) is 12.9. The van der Waals surface area contributed by atoms with Crippen molar-refractivity contribution in [2.24, 2.45) is 12.8 Å². The highest BCUT2D eigenvalue weighted by atomic mass is 16.4. The lowest BCUT2D eigenvalue weighted by Gasteiger charge is -2.15. The molecule has 0 saturated heterocycles. The van der Waals surface area contributed by atoms with Gasteiger partial charge in [-0.3, -0.25) is 9.36 Å². The van der Waals surface area contributed by atoms with Crippen LogP contribution in [0.3, 0.4) is 0 Å². The van der Waals surface area contributed by atoms with Gasteiger partial charge < -0.3 is 19.9 Å². The number of aryl methyl sites for hydroxylation is 1. The van der Waals surface area contributed by atoms with E-state index in [1.165, 1.54) is 17.2 Å². The molecule has 162 valence electrons. The molecule has 1 unspecified atom stereocenters. The van der Waals surface area contributed by atoms with Crippen LogP contribution in [-0.4, -0.2) is 27.5 Å². The first-order valence-corrected chi connectivity index (χ1v) is 9.96. The maximum absolute atomic E-state index is 12.3. The Morgan fingerprint density at radius 2 is 1.97 bits per heavy atom. The molecule has 32 heavy (non-hydrogen) atoms. The van der Waals surface area contributed by atoms with Crippen LogP contribution in [0.5, 0.6) is 0 Å². The summed E-state index contributed by atoms with van der Waals surface area (Å²) in [5.74, 6) is -0.826. The van der Waals surface area contributed by atoms with Gasteiger partial charge in [0.15, 0.2) is 12.0 Å². The molecule has 4 rings (SSSR count). The van der Waals surface area contributed by atoms with Crippen molar-refractivity contribution in [2.75, 3.05) is 0 Å². The summed E-state index contributed by atoms with van der Waals surface area (Å²) in [5.41, 5.74) is 10.5. The Morgan fingerprint density at radius 1 is 1.22 bits per heavy atom. The second-order valence-electron chi connectivity index (χ2n) is 7.49. The quantitative estimate of drug-likeness (QED) is 0.455. The average molecular weight is 431 g/mol. The number of carbonyl (C=O) groups is 1. The average Bonchev–Trinajstić information content (AvgIpc) is 3.41. The Morgan fingerprint density at radius 3 is 2.66 bits per heavy atom. The third-order valence-electron chi connectivity index (χ3n) is 5.24. The summed E-state index contributed by atoms with van der Waals surface area (Å²) in [7, 11) is 1.66. The summed E-state index contributed by atoms with van der Waals surface area (Å²) in [6.07, 6.45) is 3.27. The molecule has 2 heterocycles. The van der Waals surface area contributed by atoms with Crippen molar-refractivity contribution >= 4 is 17.0 Å². The standard InChI is InChI=1S/C23H21N5O4/c1-28-20-9-16(6-7-21(20)32-23(28)30)15-4-2-14(3-5-15)8-17(11-24)27-22(29)19(25)10-18-12-31-13-26-18/h2-7,9,12-13,17,19H,8,10,25H2,1H3,(H,27,29)/t17-,19?/m0/s1. The number of hydrogen-bond donors (Lipinski definition) is 2. The van der Waals surface area contributed by atoms with E-state index in [-0.39, 0.29) is 6.42 Å². The molecule has 0 fully saturated rings. The van der Waals surface area contributed by atoms with Gasteiger partial charge in [-0.25, -0.2) is 9.78 Å². The lowest BCUT2D eigenvalue weighted by atomic mass is 10.0. The zero-order valence-corrected chi connectivity index (χ0v) is 17.3. The van der Waals surface area contributed by atoms with E-state index in [2.05, 4.69) is 16.4 Å². The van der Waals surface area contributed by atoms with Crippen LogP contribution < -0.4 is 16.8 Å². The largest absolute Gasteiger partial charge is 0.451 e. The fourth-order valence-electron chi connectivity index (χ4n) is 3.44. The lowest BCUT2D eigenvalue weighted by molar-refractivity contribution is -0.122. The molecule has 0 aliphatic rings. The van der Waals surface area contributed by atoms with Crippen LogP contribution in [0, 0.1) is 11.3 Å². The van der Waals surface area contributed by atoms with Gasteiger partial charge in [0.1, 0.15) is 12.3 Å². The second-order valence-corrected chi connectivity index (χ2v) is 7.49. The van der Waals surface area contributed by atoms with E-state index in [0.29, 0.717) is 23.2 Å². The van der Waals surface area contributed by atoms with E-state index in [0.717, 1.165) is 16.7 Å². The van der Waals surface area contributed by atoms with Gasteiger partial charge in [0.25, 0.3) is 0 Å². The number of hydrogen-bond acceptors (Lipinski definition) is 7. The first-order chi connectivity index (χ1) is 15.4. The Labute approximate surface area is 183 Å². The molecule has 0 aliphatic heterocycles. The summed E-state index contributed by atoms with van der Waals surface area (Å²) in [6.45, 7) is 0. The highest BCUT2D eigenvalue weighted by Gasteiger charge is 2.19. The van der Waals surface area contributed by atoms with Crippen LogP contribution >= 0.6 is 0 Å². The highest BCUT2D eigenvalue weighted by molar-refractivity contribution is 5.82. The molecule has 2 aromatic heterocycles. The zero-order valence-electron chi connectivity index (χ0n) is 17.3. The molecule has 0 spiro atoms. The van der Waals surface area contributed by atoms with Crippen LogP contribution in [0.2, 0.25) is 0 Å². The smallest absolute Gasteiger partial charge is 0.419 e. The molecule has 0 radical (unpaired) electrons. The van der Waals surface area contributed by atoms with Crippen molar-refractivity contribution in [1.29, 1.82) is 5.26 Å². The number of aromatic nitrogens is 2. The van der Waals surface area contributed by atoms with Crippen molar-refractivity contribution in [3.63, 3.8) is 0 Å². The van der Waals surface area contributed by atoms with E-state index in [1.807, 2.05) is 36.4 Å². The number of fused-ring (bicyclic) bond motifs is 1. The zero-order chi connectivity index (χ0) is 22.7. The first-order valence-electron chi connectivity index (χ1n) is 9.96. The van der Waals surface area contributed by atoms with E-state index in [1.54, 1.807) is 13.1 Å². The molecule has 0 saturated carbocycles. The minimum Gasteiger partial charge on any atom is -0.451 e. The molecular weight excluding hydrogens is 410 g/mol. The molecule has 1 amide bonds. The van der Waals surface area contributed by atoms with Gasteiger partial charge in [-0.05, 0) is 28.8 Å². The second kappa shape index (κ2) is 8.91. The van der Waals surface area contributed by atoms with Gasteiger partial charge in [0.05, 0.1) is 23.3 Å². The highest BCUT2D eigenvalue weighted by Crippen LogP contribution is 2.24. The number of nitrogens with one attached hydrogen (secondary N) is 1. The number of nitrogens with two attached hydrogens (primary N) is 1. The number of nitriles is 1. The topological polar surface area (TPSA) is 140 Å². The molecule has 0 bridgehead atoms. The fraction of sp³-hybridized carbons (Fsp3) is 0.217. The maximum atomic E-state index is 12.3. The maximum Gasteiger partial charge on any atom is 0.419 e. The van der Waals surface area contributed by atoms with Crippen molar-refractivity contribution in [3.05, 3.63) is 76.9 Å². The van der Waals surface area contributed by atoms with Gasteiger partial charge >= 0.3 is 5.76 Å². The predicted octanol–water partition coefficient (Wildman–Crippen LogP) is 1.91. The number of rotatable bonds is 7. The Balaban J connectivity index is 1.42. The van der Waals surface area contributed by atoms with Crippen molar-refractivity contribution in [1.82, 2.24) is 14.9 Å². The van der Waals surface area contributed by atoms with E-state index in [4.69, 9.17) is 14.6 Å². The third kappa shape index (κ3) is 4.45. The molecule has 3 N–H and O–H groups in total. The van der Waals surface area contributed by atoms with E-state index in [9.17, 15) is 14.9 Å². The predicted molar refractivity (Wildman–Crippen MR) is 116 cm³/mol. The van der Waals surface area contributed by atoms with Gasteiger partial charge in [-0.1, -0.05) is 30.3 Å². The molecule has 9 heteroatoms.